The molecule has 1 aliphatic carbocycles. The maximum atomic E-state index is 11.9. The number of rotatable bonds is 2. The normalized spacial score (nSPS) is 24.6. The average Bonchev–Trinajstić information content (AvgIpc) is 2.06. The predicted octanol–water partition coefficient (Wildman–Crippen LogP) is 2.19. The summed E-state index contributed by atoms with van der Waals surface area (Å²) in [7, 11) is 1.49. The van der Waals surface area contributed by atoms with Gasteiger partial charge in [0.2, 0.25) is 5.79 Å². The molecule has 10 heavy (non-hydrogen) atoms. The molecule has 0 heterocycles. The van der Waals surface area contributed by atoms with E-state index >= 15 is 0 Å². The van der Waals surface area contributed by atoms with Crippen molar-refractivity contribution in [1.82, 2.24) is 0 Å². The van der Waals surface area contributed by atoms with Crippen LogP contribution in [0.2, 0.25) is 0 Å². The van der Waals surface area contributed by atoms with Crippen molar-refractivity contribution in [2.24, 2.45) is 0 Å². The summed E-state index contributed by atoms with van der Waals surface area (Å²) in [6.07, 6.45) is 4.52. The van der Waals surface area contributed by atoms with Crippen LogP contribution in [0.25, 0.3) is 0 Å². The van der Waals surface area contributed by atoms with Crippen LogP contribution in [0.4, 0.5) is 4.53 Å². The Bertz CT molecular complexity index is 93.8. The second kappa shape index (κ2) is 3.30. The van der Waals surface area contributed by atoms with E-state index in [4.69, 9.17) is 4.74 Å². The highest BCUT2D eigenvalue weighted by molar-refractivity contribution is 4.73. The van der Waals surface area contributed by atoms with Crippen LogP contribution in [-0.4, -0.2) is 12.9 Å². The molecule has 0 saturated heterocycles. The van der Waals surface area contributed by atoms with Crippen LogP contribution >= 0.6 is 0 Å². The van der Waals surface area contributed by atoms with E-state index in [1.165, 1.54) is 7.11 Å². The lowest BCUT2D eigenvalue weighted by molar-refractivity contribution is -0.347. The highest BCUT2D eigenvalue weighted by Crippen LogP contribution is 2.32. The monoisotopic (exact) mass is 148 g/mol. The van der Waals surface area contributed by atoms with Gasteiger partial charge in [-0.25, -0.2) is 0 Å². The molecule has 0 bridgehead atoms. The molecule has 3 heteroatoms. The molecule has 0 spiro atoms. The van der Waals surface area contributed by atoms with Crippen LogP contribution in [-0.2, 0) is 9.68 Å². The summed E-state index contributed by atoms with van der Waals surface area (Å²) in [6.45, 7) is 0. The van der Waals surface area contributed by atoms with Crippen LogP contribution in [0.5, 0.6) is 0 Å². The maximum Gasteiger partial charge on any atom is 0.206 e. The van der Waals surface area contributed by atoms with Gasteiger partial charge in [0.1, 0.15) is 0 Å². The van der Waals surface area contributed by atoms with E-state index in [2.05, 4.69) is 4.94 Å². The summed E-state index contributed by atoms with van der Waals surface area (Å²) in [5.41, 5.74) is 0. The van der Waals surface area contributed by atoms with E-state index in [-0.39, 0.29) is 0 Å². The molecule has 2 nitrogen and oxygen atoms in total. The molecule has 60 valence electrons. The molecule has 1 fully saturated rings. The topological polar surface area (TPSA) is 18.5 Å². The minimum absolute atomic E-state index is 0.681. The molecule has 0 unspecified atom stereocenters. The van der Waals surface area contributed by atoms with Gasteiger partial charge >= 0.3 is 0 Å². The zero-order chi connectivity index (χ0) is 7.45. The van der Waals surface area contributed by atoms with Crippen molar-refractivity contribution in [3.05, 3.63) is 0 Å². The first kappa shape index (κ1) is 7.95. The largest absolute Gasteiger partial charge is 0.350 e. The number of ether oxygens (including phenoxy) is 1. The van der Waals surface area contributed by atoms with Gasteiger partial charge in [0.25, 0.3) is 0 Å². The summed E-state index contributed by atoms with van der Waals surface area (Å²) in [6, 6.07) is 0. The van der Waals surface area contributed by atoms with Crippen molar-refractivity contribution in [1.29, 1.82) is 0 Å². The van der Waals surface area contributed by atoms with E-state index < -0.39 is 5.79 Å². The van der Waals surface area contributed by atoms with E-state index in [0.717, 1.165) is 19.3 Å². The van der Waals surface area contributed by atoms with Crippen molar-refractivity contribution in [2.75, 3.05) is 7.11 Å². The lowest BCUT2D eigenvalue weighted by Gasteiger charge is -2.30. The molecular formula is C7H13FO2. The summed E-state index contributed by atoms with van der Waals surface area (Å²) in [5.74, 6) is -0.905. The lowest BCUT2D eigenvalue weighted by atomic mass is 9.94. The van der Waals surface area contributed by atoms with Gasteiger partial charge < -0.3 is 4.74 Å². The Morgan fingerprint density at radius 1 is 1.20 bits per heavy atom. The van der Waals surface area contributed by atoms with Gasteiger partial charge in [0, 0.05) is 20.0 Å². The fraction of sp³-hybridized carbons (Fsp3) is 1.00. The molecule has 0 aliphatic heterocycles. The summed E-state index contributed by atoms with van der Waals surface area (Å²) >= 11 is 0. The number of halogens is 1. The first-order valence-electron chi connectivity index (χ1n) is 3.68. The quantitative estimate of drug-likeness (QED) is 0.559. The number of hydrogen-bond acceptors (Lipinski definition) is 2. The van der Waals surface area contributed by atoms with Crippen molar-refractivity contribution in [3.8, 4) is 0 Å². The minimum atomic E-state index is -0.905. The fourth-order valence-corrected chi connectivity index (χ4v) is 1.40. The first-order chi connectivity index (χ1) is 4.83. The Morgan fingerprint density at radius 3 is 2.10 bits per heavy atom. The summed E-state index contributed by atoms with van der Waals surface area (Å²) < 4.78 is 16.8. The van der Waals surface area contributed by atoms with Crippen molar-refractivity contribution >= 4 is 0 Å². The Labute approximate surface area is 60.2 Å². The SMILES string of the molecule is COC1(OF)CCCCC1. The first-order valence-corrected chi connectivity index (χ1v) is 3.68. The number of methoxy groups -OCH3 is 1. The molecule has 1 rings (SSSR count). The van der Waals surface area contributed by atoms with Gasteiger partial charge in [-0.2, -0.15) is 4.94 Å². The van der Waals surface area contributed by atoms with Crippen LogP contribution in [0.15, 0.2) is 0 Å². The van der Waals surface area contributed by atoms with Crippen LogP contribution in [0.1, 0.15) is 32.1 Å². The van der Waals surface area contributed by atoms with E-state index in [1.54, 1.807) is 0 Å². The molecule has 0 aromatic carbocycles. The molecule has 0 aromatic rings. The van der Waals surface area contributed by atoms with Gasteiger partial charge in [0.05, 0.1) is 0 Å². The number of hydrogen-bond donors (Lipinski definition) is 0. The maximum absolute atomic E-state index is 11.9. The van der Waals surface area contributed by atoms with E-state index in [9.17, 15) is 4.53 Å². The lowest BCUT2D eigenvalue weighted by Crippen LogP contribution is -2.34. The predicted molar refractivity (Wildman–Crippen MR) is 35.0 cm³/mol. The molecule has 1 saturated carbocycles. The van der Waals surface area contributed by atoms with Gasteiger partial charge in [-0.3, -0.25) is 0 Å². The Balaban J connectivity index is 2.44. The van der Waals surface area contributed by atoms with Crippen molar-refractivity contribution < 1.29 is 14.2 Å². The van der Waals surface area contributed by atoms with Gasteiger partial charge in [0.15, 0.2) is 0 Å². The Morgan fingerprint density at radius 2 is 1.80 bits per heavy atom. The third-order valence-electron chi connectivity index (χ3n) is 2.13. The second-order valence-corrected chi connectivity index (χ2v) is 2.75. The zero-order valence-corrected chi connectivity index (χ0v) is 6.23. The molecule has 0 aromatic heterocycles. The summed E-state index contributed by atoms with van der Waals surface area (Å²) in [4.78, 5) is 3.81. The third kappa shape index (κ3) is 1.47. The highest BCUT2D eigenvalue weighted by atomic mass is 19.3. The van der Waals surface area contributed by atoms with Crippen LogP contribution < -0.4 is 0 Å². The van der Waals surface area contributed by atoms with Gasteiger partial charge in [-0.05, 0) is 17.4 Å². The Hall–Kier alpha value is -0.150. The van der Waals surface area contributed by atoms with Crippen LogP contribution in [0, 0.1) is 0 Å². The standard InChI is InChI=1S/C7H13FO2/c1-9-7(10-8)5-3-2-4-6-7/h2-6H2,1H3. The molecule has 1 aliphatic rings. The van der Waals surface area contributed by atoms with Gasteiger partial charge in [-0.1, -0.05) is 6.42 Å². The third-order valence-corrected chi connectivity index (χ3v) is 2.13. The van der Waals surface area contributed by atoms with Crippen LogP contribution in [0.3, 0.4) is 0 Å². The highest BCUT2D eigenvalue weighted by Gasteiger charge is 2.33. The average molecular weight is 148 g/mol. The van der Waals surface area contributed by atoms with E-state index in [0.29, 0.717) is 12.8 Å². The summed E-state index contributed by atoms with van der Waals surface area (Å²) in [5, 5.41) is 0. The molecule has 0 N–H and O–H groups in total. The zero-order valence-electron chi connectivity index (χ0n) is 6.23. The minimum Gasteiger partial charge on any atom is -0.350 e. The molecule has 0 amide bonds. The fourth-order valence-electron chi connectivity index (χ4n) is 1.40. The van der Waals surface area contributed by atoms with E-state index in [1.807, 2.05) is 0 Å². The Kier molecular flexibility index (Phi) is 2.63. The molecule has 0 radical (unpaired) electrons. The smallest absolute Gasteiger partial charge is 0.206 e. The molecule has 0 atom stereocenters. The van der Waals surface area contributed by atoms with Gasteiger partial charge in [-0.15, -0.1) is 0 Å². The second-order valence-electron chi connectivity index (χ2n) is 2.75. The van der Waals surface area contributed by atoms with Crippen molar-refractivity contribution in [3.63, 3.8) is 0 Å². The molecular weight excluding hydrogens is 135 g/mol. The van der Waals surface area contributed by atoms with Crippen molar-refractivity contribution in [2.45, 2.75) is 37.9 Å².